The van der Waals surface area contributed by atoms with E-state index in [9.17, 15) is 8.42 Å². The molecule has 0 bridgehead atoms. The SMILES string of the molecule is COCCN(CC(C)C)S(=O)(=O)CCCCO. The lowest BCUT2D eigenvalue weighted by Gasteiger charge is -2.23. The molecule has 0 aromatic heterocycles. The Morgan fingerprint density at radius 1 is 1.29 bits per heavy atom. The number of methoxy groups -OCH3 is 1. The Labute approximate surface area is 105 Å². The van der Waals surface area contributed by atoms with Gasteiger partial charge in [-0.05, 0) is 18.8 Å². The van der Waals surface area contributed by atoms with Crippen LogP contribution in [0.3, 0.4) is 0 Å². The van der Waals surface area contributed by atoms with Crippen LogP contribution in [-0.4, -0.2) is 57.0 Å². The Kier molecular flexibility index (Phi) is 8.77. The van der Waals surface area contributed by atoms with Crippen molar-refractivity contribution in [2.75, 3.05) is 39.2 Å². The normalized spacial score (nSPS) is 12.6. The number of aliphatic hydroxyl groups excluding tert-OH is 1. The van der Waals surface area contributed by atoms with Crippen LogP contribution < -0.4 is 0 Å². The predicted molar refractivity (Wildman–Crippen MR) is 68.4 cm³/mol. The van der Waals surface area contributed by atoms with E-state index in [0.29, 0.717) is 38.5 Å². The minimum absolute atomic E-state index is 0.0395. The summed E-state index contributed by atoms with van der Waals surface area (Å²) in [6.45, 7) is 5.34. The maximum atomic E-state index is 12.0. The topological polar surface area (TPSA) is 66.8 Å². The summed E-state index contributed by atoms with van der Waals surface area (Å²) < 4.78 is 30.5. The molecule has 0 saturated carbocycles. The summed E-state index contributed by atoms with van der Waals surface area (Å²) in [5.74, 6) is 0.392. The van der Waals surface area contributed by atoms with Gasteiger partial charge in [-0.15, -0.1) is 0 Å². The highest BCUT2D eigenvalue weighted by Crippen LogP contribution is 2.08. The quantitative estimate of drug-likeness (QED) is 0.592. The van der Waals surface area contributed by atoms with Gasteiger partial charge in [0.1, 0.15) is 0 Å². The molecule has 0 fully saturated rings. The van der Waals surface area contributed by atoms with Crippen molar-refractivity contribution in [1.29, 1.82) is 0 Å². The van der Waals surface area contributed by atoms with Gasteiger partial charge in [0, 0.05) is 26.8 Å². The zero-order chi connectivity index (χ0) is 13.3. The van der Waals surface area contributed by atoms with Gasteiger partial charge in [0.05, 0.1) is 12.4 Å². The van der Waals surface area contributed by atoms with E-state index in [4.69, 9.17) is 9.84 Å². The minimum Gasteiger partial charge on any atom is -0.396 e. The van der Waals surface area contributed by atoms with Crippen LogP contribution in [0.5, 0.6) is 0 Å². The Balaban J connectivity index is 4.41. The number of unbranched alkanes of at least 4 members (excludes halogenated alkanes) is 1. The van der Waals surface area contributed by atoms with Crippen LogP contribution in [-0.2, 0) is 14.8 Å². The van der Waals surface area contributed by atoms with Crippen LogP contribution in [0.1, 0.15) is 26.7 Å². The lowest BCUT2D eigenvalue weighted by atomic mass is 10.2. The molecule has 0 rings (SSSR count). The highest BCUT2D eigenvalue weighted by atomic mass is 32.2. The summed E-state index contributed by atoms with van der Waals surface area (Å²) in [5, 5.41) is 8.66. The molecule has 0 aliphatic carbocycles. The molecule has 6 heteroatoms. The van der Waals surface area contributed by atoms with E-state index in [-0.39, 0.29) is 12.4 Å². The summed E-state index contributed by atoms with van der Waals surface area (Å²) in [5.41, 5.74) is 0. The van der Waals surface area contributed by atoms with Crippen LogP contribution in [0.2, 0.25) is 0 Å². The third kappa shape index (κ3) is 7.70. The molecule has 17 heavy (non-hydrogen) atoms. The van der Waals surface area contributed by atoms with Gasteiger partial charge in [-0.25, -0.2) is 8.42 Å². The maximum Gasteiger partial charge on any atom is 0.214 e. The van der Waals surface area contributed by atoms with Gasteiger partial charge < -0.3 is 9.84 Å². The standard InChI is InChI=1S/C11H25NO4S/c1-11(2)10-12(6-8-16-3)17(14,15)9-5-4-7-13/h11,13H,4-10H2,1-3H3. The zero-order valence-corrected chi connectivity index (χ0v) is 11.9. The van der Waals surface area contributed by atoms with Gasteiger partial charge in [0.2, 0.25) is 10.0 Å². The first-order valence-corrected chi connectivity index (χ1v) is 7.62. The van der Waals surface area contributed by atoms with Crippen LogP contribution in [0.4, 0.5) is 0 Å². The lowest BCUT2D eigenvalue weighted by Crippen LogP contribution is -2.38. The first-order chi connectivity index (χ1) is 7.94. The Morgan fingerprint density at radius 3 is 2.41 bits per heavy atom. The average molecular weight is 267 g/mol. The summed E-state index contributed by atoms with van der Waals surface area (Å²) in [6, 6.07) is 0. The van der Waals surface area contributed by atoms with Crippen molar-refractivity contribution >= 4 is 10.0 Å². The zero-order valence-electron chi connectivity index (χ0n) is 11.1. The van der Waals surface area contributed by atoms with Crippen LogP contribution in [0.15, 0.2) is 0 Å². The Bertz CT molecular complexity index is 277. The highest BCUT2D eigenvalue weighted by molar-refractivity contribution is 7.89. The molecule has 0 amide bonds. The molecule has 104 valence electrons. The minimum atomic E-state index is -3.22. The third-order valence-electron chi connectivity index (χ3n) is 2.32. The van der Waals surface area contributed by atoms with E-state index in [0.717, 1.165) is 0 Å². The molecular formula is C11H25NO4S. The fraction of sp³-hybridized carbons (Fsp3) is 1.00. The average Bonchev–Trinajstić information content (AvgIpc) is 2.23. The summed E-state index contributed by atoms with van der Waals surface area (Å²) in [6.07, 6.45) is 1.03. The molecule has 0 heterocycles. The number of ether oxygens (including phenoxy) is 1. The third-order valence-corrected chi connectivity index (χ3v) is 4.24. The second-order valence-electron chi connectivity index (χ2n) is 4.49. The molecule has 0 radical (unpaired) electrons. The Hall–Kier alpha value is -0.170. The van der Waals surface area contributed by atoms with Crippen molar-refractivity contribution in [2.24, 2.45) is 5.92 Å². The van der Waals surface area contributed by atoms with Gasteiger partial charge in [0.15, 0.2) is 0 Å². The van der Waals surface area contributed by atoms with Crippen LogP contribution in [0.25, 0.3) is 0 Å². The number of aliphatic hydroxyl groups is 1. The van der Waals surface area contributed by atoms with Crippen molar-refractivity contribution in [3.8, 4) is 0 Å². The first-order valence-electron chi connectivity index (χ1n) is 6.01. The fourth-order valence-corrected chi connectivity index (χ4v) is 3.17. The molecule has 0 aromatic rings. The molecule has 5 nitrogen and oxygen atoms in total. The first kappa shape index (κ1) is 16.8. The second-order valence-corrected chi connectivity index (χ2v) is 6.58. The largest absolute Gasteiger partial charge is 0.396 e. The van der Waals surface area contributed by atoms with Crippen LogP contribution in [0, 0.1) is 5.92 Å². The summed E-state index contributed by atoms with van der Waals surface area (Å²) >= 11 is 0. The van der Waals surface area contributed by atoms with Gasteiger partial charge in [-0.2, -0.15) is 4.31 Å². The van der Waals surface area contributed by atoms with E-state index in [1.165, 1.54) is 4.31 Å². The van der Waals surface area contributed by atoms with E-state index < -0.39 is 10.0 Å². The van der Waals surface area contributed by atoms with Gasteiger partial charge >= 0.3 is 0 Å². The molecular weight excluding hydrogens is 242 g/mol. The molecule has 1 N–H and O–H groups in total. The molecule has 0 atom stereocenters. The molecule has 0 spiro atoms. The van der Waals surface area contributed by atoms with Crippen molar-refractivity contribution in [3.05, 3.63) is 0 Å². The van der Waals surface area contributed by atoms with E-state index in [1.54, 1.807) is 7.11 Å². The fourth-order valence-electron chi connectivity index (χ4n) is 1.47. The molecule has 0 saturated heterocycles. The lowest BCUT2D eigenvalue weighted by molar-refractivity contribution is 0.175. The van der Waals surface area contributed by atoms with Crippen LogP contribution >= 0.6 is 0 Å². The van der Waals surface area contributed by atoms with E-state index in [2.05, 4.69) is 0 Å². The Morgan fingerprint density at radius 2 is 1.94 bits per heavy atom. The number of nitrogens with zero attached hydrogens (tertiary/aromatic N) is 1. The van der Waals surface area contributed by atoms with Crippen molar-refractivity contribution in [2.45, 2.75) is 26.7 Å². The van der Waals surface area contributed by atoms with E-state index in [1.807, 2.05) is 13.8 Å². The molecule has 0 aliphatic heterocycles. The van der Waals surface area contributed by atoms with Crippen molar-refractivity contribution in [3.63, 3.8) is 0 Å². The smallest absolute Gasteiger partial charge is 0.214 e. The molecule has 0 unspecified atom stereocenters. The van der Waals surface area contributed by atoms with Crippen molar-refractivity contribution < 1.29 is 18.3 Å². The highest BCUT2D eigenvalue weighted by Gasteiger charge is 2.21. The predicted octanol–water partition coefficient (Wildman–Crippen LogP) is 0.693. The summed E-state index contributed by atoms with van der Waals surface area (Å²) in [7, 11) is -1.66. The van der Waals surface area contributed by atoms with Crippen molar-refractivity contribution in [1.82, 2.24) is 4.31 Å². The molecule has 0 aromatic carbocycles. The van der Waals surface area contributed by atoms with E-state index >= 15 is 0 Å². The summed E-state index contributed by atoms with van der Waals surface area (Å²) in [4.78, 5) is 0. The number of sulfonamides is 1. The second kappa shape index (κ2) is 8.85. The number of hydrogen-bond donors (Lipinski definition) is 1. The maximum absolute atomic E-state index is 12.0. The molecule has 0 aliphatic rings. The van der Waals surface area contributed by atoms with Gasteiger partial charge in [0.25, 0.3) is 0 Å². The monoisotopic (exact) mass is 267 g/mol. The number of hydrogen-bond acceptors (Lipinski definition) is 4. The van der Waals surface area contributed by atoms with Gasteiger partial charge in [-0.3, -0.25) is 0 Å². The number of rotatable bonds is 10. The van der Waals surface area contributed by atoms with Gasteiger partial charge in [-0.1, -0.05) is 13.8 Å².